The molecule has 0 aliphatic carbocycles. The average molecular weight is 344 g/mol. The minimum Gasteiger partial charge on any atom is -0.444 e. The van der Waals surface area contributed by atoms with E-state index in [9.17, 15) is 14.4 Å². The van der Waals surface area contributed by atoms with Crippen molar-refractivity contribution in [3.8, 4) is 0 Å². The van der Waals surface area contributed by atoms with Crippen LogP contribution in [0.15, 0.2) is 39.6 Å². The van der Waals surface area contributed by atoms with Crippen molar-refractivity contribution in [2.24, 2.45) is 0 Å². The molecule has 0 saturated heterocycles. The van der Waals surface area contributed by atoms with Gasteiger partial charge in [0, 0.05) is 12.1 Å². The highest BCUT2D eigenvalue weighted by Crippen LogP contribution is 2.20. The van der Waals surface area contributed by atoms with Crippen molar-refractivity contribution in [2.45, 2.75) is 39.3 Å². The Kier molecular flexibility index (Phi) is 4.24. The number of aromatic nitrogens is 1. The maximum absolute atomic E-state index is 12.5. The maximum Gasteiger partial charge on any atom is 0.410 e. The molecule has 7 nitrogen and oxygen atoms in total. The Hall–Kier alpha value is -2.83. The average Bonchev–Trinajstić information content (AvgIpc) is 2.90. The molecule has 1 aromatic heterocycles. The number of benzene rings is 1. The summed E-state index contributed by atoms with van der Waals surface area (Å²) in [6, 6.07) is 8.44. The van der Waals surface area contributed by atoms with Gasteiger partial charge in [-0.1, -0.05) is 22.9 Å². The first-order valence-corrected chi connectivity index (χ1v) is 8.08. The maximum atomic E-state index is 12.5. The summed E-state index contributed by atoms with van der Waals surface area (Å²) in [5.74, 6) is -0.199. The second-order valence-corrected chi connectivity index (χ2v) is 6.92. The third kappa shape index (κ3) is 3.50. The van der Waals surface area contributed by atoms with E-state index in [1.54, 1.807) is 51.1 Å². The standard InChI is InChI=1S/C18H20N2O5/c1-18(2,3)24-17(23)19-10-9-13-14(11-19)25-20(16(13)22)15(21)12-7-5-4-6-8-12/h4-8H,9-11H2,1-3H3. The number of nitrogens with zero attached hydrogens (tertiary/aromatic N) is 2. The van der Waals surface area contributed by atoms with Crippen LogP contribution in [0.5, 0.6) is 0 Å². The molecule has 0 bridgehead atoms. The van der Waals surface area contributed by atoms with Crippen molar-refractivity contribution in [3.63, 3.8) is 0 Å². The normalized spacial score (nSPS) is 14.1. The molecule has 132 valence electrons. The smallest absolute Gasteiger partial charge is 0.410 e. The summed E-state index contributed by atoms with van der Waals surface area (Å²) < 4.78 is 11.6. The molecule has 1 aliphatic heterocycles. The van der Waals surface area contributed by atoms with Crippen LogP contribution in [0.4, 0.5) is 4.79 Å². The molecule has 2 aromatic rings. The quantitative estimate of drug-likeness (QED) is 0.793. The van der Waals surface area contributed by atoms with Gasteiger partial charge in [-0.3, -0.25) is 9.59 Å². The van der Waals surface area contributed by atoms with E-state index in [1.165, 1.54) is 4.90 Å². The Bertz CT molecular complexity index is 858. The second-order valence-electron chi connectivity index (χ2n) is 6.92. The van der Waals surface area contributed by atoms with Gasteiger partial charge < -0.3 is 14.2 Å². The highest BCUT2D eigenvalue weighted by Gasteiger charge is 2.31. The van der Waals surface area contributed by atoms with Crippen LogP contribution in [0.25, 0.3) is 0 Å². The molecule has 1 aromatic carbocycles. The van der Waals surface area contributed by atoms with Gasteiger partial charge in [0.1, 0.15) is 5.60 Å². The lowest BCUT2D eigenvalue weighted by molar-refractivity contribution is 0.0202. The Labute approximate surface area is 144 Å². The molecule has 0 fully saturated rings. The Morgan fingerprint density at radius 2 is 1.84 bits per heavy atom. The first kappa shape index (κ1) is 17.0. The summed E-state index contributed by atoms with van der Waals surface area (Å²) in [5.41, 5.74) is -0.274. The predicted molar refractivity (Wildman–Crippen MR) is 89.5 cm³/mol. The fourth-order valence-corrected chi connectivity index (χ4v) is 2.63. The highest BCUT2D eigenvalue weighted by atomic mass is 16.6. The molecule has 0 unspecified atom stereocenters. The van der Waals surface area contributed by atoms with Crippen molar-refractivity contribution in [3.05, 3.63) is 57.6 Å². The molecule has 0 saturated carbocycles. The van der Waals surface area contributed by atoms with E-state index in [2.05, 4.69) is 0 Å². The van der Waals surface area contributed by atoms with Gasteiger partial charge in [0.05, 0.1) is 12.1 Å². The fourth-order valence-electron chi connectivity index (χ4n) is 2.63. The molecule has 0 atom stereocenters. The minimum absolute atomic E-state index is 0.106. The number of rotatable bonds is 1. The Morgan fingerprint density at radius 1 is 1.16 bits per heavy atom. The number of amides is 1. The highest BCUT2D eigenvalue weighted by molar-refractivity contribution is 5.94. The van der Waals surface area contributed by atoms with Crippen LogP contribution in [-0.2, 0) is 17.7 Å². The lowest BCUT2D eigenvalue weighted by atomic mass is 10.1. The van der Waals surface area contributed by atoms with Crippen molar-refractivity contribution < 1.29 is 18.8 Å². The van der Waals surface area contributed by atoms with E-state index in [0.717, 1.165) is 4.74 Å². The molecule has 1 amide bonds. The van der Waals surface area contributed by atoms with Crippen molar-refractivity contribution in [1.29, 1.82) is 0 Å². The molecule has 0 radical (unpaired) electrons. The molecular weight excluding hydrogens is 324 g/mol. The summed E-state index contributed by atoms with van der Waals surface area (Å²) in [5, 5.41) is 0. The molecule has 7 heteroatoms. The monoisotopic (exact) mass is 344 g/mol. The zero-order chi connectivity index (χ0) is 18.2. The van der Waals surface area contributed by atoms with E-state index < -0.39 is 23.2 Å². The van der Waals surface area contributed by atoms with Crippen LogP contribution in [0, 0.1) is 0 Å². The van der Waals surface area contributed by atoms with Crippen LogP contribution >= 0.6 is 0 Å². The Balaban J connectivity index is 1.84. The first-order valence-electron chi connectivity index (χ1n) is 8.08. The molecule has 25 heavy (non-hydrogen) atoms. The number of fused-ring (bicyclic) bond motifs is 1. The minimum atomic E-state index is -0.604. The SMILES string of the molecule is CC(C)(C)OC(=O)N1CCc2c(on(C(=O)c3ccccc3)c2=O)C1. The second kappa shape index (κ2) is 6.23. The van der Waals surface area contributed by atoms with Gasteiger partial charge in [0.2, 0.25) is 0 Å². The van der Waals surface area contributed by atoms with Gasteiger partial charge in [0.15, 0.2) is 5.76 Å². The van der Waals surface area contributed by atoms with Gasteiger partial charge in [-0.05, 0) is 39.3 Å². The summed E-state index contributed by atoms with van der Waals surface area (Å²) in [4.78, 5) is 38.5. The number of hydrogen-bond donors (Lipinski definition) is 0. The van der Waals surface area contributed by atoms with Crippen molar-refractivity contribution >= 4 is 12.0 Å². The van der Waals surface area contributed by atoms with Crippen LogP contribution in [0.3, 0.4) is 0 Å². The Morgan fingerprint density at radius 3 is 2.48 bits per heavy atom. The topological polar surface area (TPSA) is 81.8 Å². The molecule has 2 heterocycles. The summed E-state index contributed by atoms with van der Waals surface area (Å²) >= 11 is 0. The van der Waals surface area contributed by atoms with Gasteiger partial charge >= 0.3 is 6.09 Å². The van der Waals surface area contributed by atoms with Gasteiger partial charge in [-0.2, -0.15) is 0 Å². The predicted octanol–water partition coefficient (Wildman–Crippen LogP) is 2.42. The van der Waals surface area contributed by atoms with Crippen LogP contribution in [0.2, 0.25) is 0 Å². The van der Waals surface area contributed by atoms with Crippen molar-refractivity contribution in [1.82, 2.24) is 9.64 Å². The number of ether oxygens (including phenoxy) is 1. The van der Waals surface area contributed by atoms with E-state index in [0.29, 0.717) is 29.9 Å². The number of carbonyl (C=O) groups excluding carboxylic acids is 2. The number of carbonyl (C=O) groups is 2. The van der Waals surface area contributed by atoms with E-state index in [4.69, 9.17) is 9.26 Å². The summed E-state index contributed by atoms with van der Waals surface area (Å²) in [6.07, 6.45) is -0.144. The van der Waals surface area contributed by atoms with E-state index in [-0.39, 0.29) is 6.54 Å². The number of hydrogen-bond acceptors (Lipinski definition) is 5. The lowest BCUT2D eigenvalue weighted by Gasteiger charge is -2.28. The van der Waals surface area contributed by atoms with Crippen LogP contribution in [-0.4, -0.2) is 33.8 Å². The first-order chi connectivity index (χ1) is 11.8. The van der Waals surface area contributed by atoms with Gasteiger partial charge in [-0.15, -0.1) is 0 Å². The molecular formula is C18H20N2O5. The van der Waals surface area contributed by atoms with E-state index in [1.807, 2.05) is 0 Å². The molecule has 0 spiro atoms. The zero-order valence-corrected chi connectivity index (χ0v) is 14.4. The van der Waals surface area contributed by atoms with E-state index >= 15 is 0 Å². The van der Waals surface area contributed by atoms with Crippen molar-refractivity contribution in [2.75, 3.05) is 6.54 Å². The summed E-state index contributed by atoms with van der Waals surface area (Å²) in [7, 11) is 0. The largest absolute Gasteiger partial charge is 0.444 e. The molecule has 1 aliphatic rings. The van der Waals surface area contributed by atoms with Gasteiger partial charge in [0.25, 0.3) is 11.5 Å². The van der Waals surface area contributed by atoms with Crippen LogP contribution in [0.1, 0.15) is 42.5 Å². The van der Waals surface area contributed by atoms with Gasteiger partial charge in [-0.25, -0.2) is 4.79 Å². The third-order valence-corrected chi connectivity index (χ3v) is 3.80. The molecule has 0 N–H and O–H groups in total. The third-order valence-electron chi connectivity index (χ3n) is 3.80. The fraction of sp³-hybridized carbons (Fsp3) is 0.389. The van der Waals surface area contributed by atoms with Crippen LogP contribution < -0.4 is 5.56 Å². The summed E-state index contributed by atoms with van der Waals surface area (Å²) in [6.45, 7) is 5.81. The lowest BCUT2D eigenvalue weighted by Crippen LogP contribution is -2.40. The zero-order valence-electron chi connectivity index (χ0n) is 14.4. The molecule has 3 rings (SSSR count).